The number of carbonyl (C=O) groups excluding carboxylic acids is 2. The van der Waals surface area contributed by atoms with Gasteiger partial charge in [-0.2, -0.15) is 0 Å². The lowest BCUT2D eigenvalue weighted by atomic mass is 9.72. The highest BCUT2D eigenvalue weighted by Crippen LogP contribution is 2.45. The maximum atomic E-state index is 14.7. The molecule has 1 aliphatic carbocycles. The van der Waals surface area contributed by atoms with Crippen molar-refractivity contribution in [1.82, 2.24) is 5.32 Å². The summed E-state index contributed by atoms with van der Waals surface area (Å²) in [6.45, 7) is 1.95. The van der Waals surface area contributed by atoms with Crippen molar-refractivity contribution < 1.29 is 14.0 Å². The summed E-state index contributed by atoms with van der Waals surface area (Å²) in [6, 6.07) is 10.9. The van der Waals surface area contributed by atoms with Crippen molar-refractivity contribution in [1.29, 1.82) is 0 Å². The van der Waals surface area contributed by atoms with E-state index in [0.717, 1.165) is 42.5 Å². The molecule has 170 valence electrons. The Morgan fingerprint density at radius 2 is 1.94 bits per heavy atom. The van der Waals surface area contributed by atoms with Gasteiger partial charge in [0.15, 0.2) is 0 Å². The molecule has 0 radical (unpaired) electrons. The molecular weight excluding hydrogens is 405 g/mol. The van der Waals surface area contributed by atoms with E-state index in [0.29, 0.717) is 30.5 Å². The van der Waals surface area contributed by atoms with Crippen LogP contribution < -0.4 is 16.0 Å². The number of hydrogen-bond acceptors (Lipinski definition) is 3. The topological polar surface area (TPSA) is 70.2 Å². The van der Waals surface area contributed by atoms with Gasteiger partial charge < -0.3 is 16.0 Å². The molecular formula is C26H32FN3O2. The summed E-state index contributed by atoms with van der Waals surface area (Å²) in [6.07, 6.45) is 6.65. The molecule has 1 atom stereocenters. The van der Waals surface area contributed by atoms with Crippen molar-refractivity contribution in [3.63, 3.8) is 0 Å². The van der Waals surface area contributed by atoms with Gasteiger partial charge in [0.1, 0.15) is 11.4 Å². The molecule has 2 aromatic rings. The number of fused-ring (bicyclic) bond motifs is 1. The number of aryl methyl sites for hydroxylation is 2. The Morgan fingerprint density at radius 1 is 1.16 bits per heavy atom. The van der Waals surface area contributed by atoms with E-state index in [1.807, 2.05) is 31.2 Å². The van der Waals surface area contributed by atoms with Gasteiger partial charge in [0.25, 0.3) is 5.91 Å². The molecule has 6 heteroatoms. The first-order chi connectivity index (χ1) is 15.4. The second kappa shape index (κ2) is 9.31. The van der Waals surface area contributed by atoms with Crippen molar-refractivity contribution in [3.8, 4) is 0 Å². The Kier molecular flexibility index (Phi) is 6.49. The average Bonchev–Trinajstić information content (AvgIpc) is 3.24. The van der Waals surface area contributed by atoms with Crippen LogP contribution in [0.3, 0.4) is 0 Å². The van der Waals surface area contributed by atoms with Crippen LogP contribution in [0.25, 0.3) is 0 Å². The van der Waals surface area contributed by atoms with Crippen LogP contribution in [0.2, 0.25) is 0 Å². The molecule has 1 aliphatic heterocycles. The van der Waals surface area contributed by atoms with Crippen LogP contribution in [0.4, 0.5) is 15.8 Å². The zero-order chi connectivity index (χ0) is 22.7. The van der Waals surface area contributed by atoms with Crippen molar-refractivity contribution >= 4 is 23.2 Å². The Hall–Kier alpha value is -2.89. The number of carbonyl (C=O) groups is 2. The van der Waals surface area contributed by atoms with Gasteiger partial charge in [-0.1, -0.05) is 37.5 Å². The predicted octanol–water partition coefficient (Wildman–Crippen LogP) is 4.74. The van der Waals surface area contributed by atoms with Crippen LogP contribution in [0.1, 0.15) is 55.2 Å². The zero-order valence-corrected chi connectivity index (χ0v) is 18.9. The number of halogens is 1. The van der Waals surface area contributed by atoms with E-state index in [-0.39, 0.29) is 23.5 Å². The van der Waals surface area contributed by atoms with E-state index in [4.69, 9.17) is 0 Å². The first-order valence-electron chi connectivity index (χ1n) is 11.6. The lowest BCUT2D eigenvalue weighted by Gasteiger charge is -2.39. The number of amides is 2. The number of hydrogen-bond donors (Lipinski definition) is 3. The molecule has 2 aliphatic rings. The molecule has 3 N–H and O–H groups in total. The number of rotatable bonds is 6. The van der Waals surface area contributed by atoms with Crippen LogP contribution in [-0.2, 0) is 22.4 Å². The SMILES string of the molecule is CNC(=O)CCc1cccc(NC(=O)C2(C3CCCCC3)Cc3c(F)ccc(C)c3N2)c1. The van der Waals surface area contributed by atoms with E-state index in [9.17, 15) is 14.0 Å². The molecule has 5 nitrogen and oxygen atoms in total. The summed E-state index contributed by atoms with van der Waals surface area (Å²) in [7, 11) is 1.63. The maximum Gasteiger partial charge on any atom is 0.250 e. The van der Waals surface area contributed by atoms with E-state index < -0.39 is 5.54 Å². The van der Waals surface area contributed by atoms with Crippen molar-refractivity contribution in [3.05, 3.63) is 58.9 Å². The minimum Gasteiger partial charge on any atom is -0.370 e. The van der Waals surface area contributed by atoms with Gasteiger partial charge in [-0.15, -0.1) is 0 Å². The first kappa shape index (κ1) is 22.3. The quantitative estimate of drug-likeness (QED) is 0.611. The second-order valence-corrected chi connectivity index (χ2v) is 9.15. The molecule has 0 aromatic heterocycles. The van der Waals surface area contributed by atoms with Gasteiger partial charge >= 0.3 is 0 Å². The van der Waals surface area contributed by atoms with Crippen molar-refractivity contribution in [2.75, 3.05) is 17.7 Å². The molecule has 4 rings (SSSR count). The van der Waals surface area contributed by atoms with E-state index in [2.05, 4.69) is 16.0 Å². The van der Waals surface area contributed by atoms with Gasteiger partial charge in [0.05, 0.1) is 0 Å². The fourth-order valence-corrected chi connectivity index (χ4v) is 5.23. The molecule has 0 saturated heterocycles. The number of anilines is 2. The minimum absolute atomic E-state index is 0.0130. The molecule has 1 fully saturated rings. The Labute approximate surface area is 189 Å². The third-order valence-electron chi connectivity index (χ3n) is 7.08. The van der Waals surface area contributed by atoms with Crippen LogP contribution in [0.15, 0.2) is 36.4 Å². The van der Waals surface area contributed by atoms with E-state index in [1.165, 1.54) is 12.5 Å². The lowest BCUT2D eigenvalue weighted by molar-refractivity contribution is -0.122. The number of nitrogens with one attached hydrogen (secondary N) is 3. The van der Waals surface area contributed by atoms with Crippen LogP contribution in [0, 0.1) is 18.7 Å². The molecule has 32 heavy (non-hydrogen) atoms. The van der Waals surface area contributed by atoms with Gasteiger partial charge in [-0.3, -0.25) is 9.59 Å². The molecule has 0 spiro atoms. The Morgan fingerprint density at radius 3 is 2.66 bits per heavy atom. The molecule has 0 bridgehead atoms. The summed E-state index contributed by atoms with van der Waals surface area (Å²) in [5.41, 5.74) is 3.18. The smallest absolute Gasteiger partial charge is 0.250 e. The molecule has 1 unspecified atom stereocenters. The maximum absolute atomic E-state index is 14.7. The van der Waals surface area contributed by atoms with Gasteiger partial charge in [0.2, 0.25) is 5.91 Å². The Balaban J connectivity index is 1.59. The highest BCUT2D eigenvalue weighted by molar-refractivity contribution is 6.02. The largest absolute Gasteiger partial charge is 0.370 e. The summed E-state index contributed by atoms with van der Waals surface area (Å²) >= 11 is 0. The highest BCUT2D eigenvalue weighted by Gasteiger charge is 2.50. The van der Waals surface area contributed by atoms with Crippen LogP contribution in [0.5, 0.6) is 0 Å². The van der Waals surface area contributed by atoms with Gasteiger partial charge in [-0.25, -0.2) is 4.39 Å². The van der Waals surface area contributed by atoms with Gasteiger partial charge in [0, 0.05) is 36.8 Å². The molecule has 1 saturated carbocycles. The van der Waals surface area contributed by atoms with Crippen LogP contribution in [-0.4, -0.2) is 24.4 Å². The molecule has 2 aromatic carbocycles. The van der Waals surface area contributed by atoms with Crippen molar-refractivity contribution in [2.24, 2.45) is 5.92 Å². The van der Waals surface area contributed by atoms with E-state index >= 15 is 0 Å². The first-order valence-corrected chi connectivity index (χ1v) is 11.6. The summed E-state index contributed by atoms with van der Waals surface area (Å²) in [5.74, 6) is -0.220. The normalized spacial score (nSPS) is 20.3. The third-order valence-corrected chi connectivity index (χ3v) is 7.08. The fourth-order valence-electron chi connectivity index (χ4n) is 5.23. The van der Waals surface area contributed by atoms with Gasteiger partial charge in [-0.05, 0) is 61.4 Å². The summed E-state index contributed by atoms with van der Waals surface area (Å²) < 4.78 is 14.7. The summed E-state index contributed by atoms with van der Waals surface area (Å²) in [5, 5.41) is 9.25. The monoisotopic (exact) mass is 437 g/mol. The van der Waals surface area contributed by atoms with Crippen LogP contribution >= 0.6 is 0 Å². The second-order valence-electron chi connectivity index (χ2n) is 9.15. The standard InChI is InChI=1S/C26H32FN3O2/c1-17-11-13-22(27)21-16-26(30-24(17)21,19-8-4-3-5-9-19)25(32)29-20-10-6-7-18(15-20)12-14-23(31)28-2/h6-7,10-11,13,15,19,30H,3-5,8-9,12,14,16H2,1-2H3,(H,28,31)(H,29,32). The number of benzene rings is 2. The predicted molar refractivity (Wildman–Crippen MR) is 125 cm³/mol. The highest BCUT2D eigenvalue weighted by atomic mass is 19.1. The lowest BCUT2D eigenvalue weighted by Crippen LogP contribution is -2.55. The molecule has 2 amide bonds. The Bertz CT molecular complexity index is 983. The van der Waals surface area contributed by atoms with E-state index in [1.54, 1.807) is 13.1 Å². The van der Waals surface area contributed by atoms with Crippen molar-refractivity contribution in [2.45, 2.75) is 63.8 Å². The molecule has 1 heterocycles. The minimum atomic E-state index is -0.853. The average molecular weight is 438 g/mol. The zero-order valence-electron chi connectivity index (χ0n) is 18.9. The third kappa shape index (κ3) is 4.36. The fraction of sp³-hybridized carbons (Fsp3) is 0.462. The summed E-state index contributed by atoms with van der Waals surface area (Å²) in [4.78, 5) is 25.4.